The third-order valence-corrected chi connectivity index (χ3v) is 2.06. The molecule has 2 nitrogen and oxygen atoms in total. The van der Waals surface area contributed by atoms with Crippen molar-refractivity contribution in [1.82, 2.24) is 4.98 Å². The molecule has 2 heteroatoms. The van der Waals surface area contributed by atoms with Crippen LogP contribution in [0, 0.1) is 0 Å². The Kier molecular flexibility index (Phi) is 4.17. The van der Waals surface area contributed by atoms with E-state index in [1.165, 1.54) is 11.8 Å². The lowest BCUT2D eigenvalue weighted by Gasteiger charge is -2.06. The average Bonchev–Trinajstić information content (AvgIpc) is 2.19. The summed E-state index contributed by atoms with van der Waals surface area (Å²) >= 11 is 0. The Morgan fingerprint density at radius 2 is 2.36 bits per heavy atom. The molecule has 0 aliphatic carbocycles. The maximum absolute atomic E-state index is 5.08. The Balaban J connectivity index is 2.59. The van der Waals surface area contributed by atoms with Gasteiger partial charge in [-0.25, -0.2) is 0 Å². The summed E-state index contributed by atoms with van der Waals surface area (Å²) in [5.41, 5.74) is 2.41. The van der Waals surface area contributed by atoms with E-state index in [0.717, 1.165) is 12.1 Å². The third kappa shape index (κ3) is 3.21. The van der Waals surface area contributed by atoms with E-state index >= 15 is 0 Å². The summed E-state index contributed by atoms with van der Waals surface area (Å²) < 4.78 is 5.08. The molecule has 0 unspecified atom stereocenters. The van der Waals surface area contributed by atoms with Gasteiger partial charge in [0, 0.05) is 18.3 Å². The van der Waals surface area contributed by atoms with Crippen LogP contribution in [-0.2, 0) is 11.2 Å². The van der Waals surface area contributed by atoms with Crippen molar-refractivity contribution in [3.63, 3.8) is 0 Å². The second-order valence-electron chi connectivity index (χ2n) is 3.53. The van der Waals surface area contributed by atoms with Crippen molar-refractivity contribution in [3.8, 4) is 0 Å². The molecular formula is C12H17NO. The van der Waals surface area contributed by atoms with Gasteiger partial charge >= 0.3 is 0 Å². The zero-order valence-electron chi connectivity index (χ0n) is 8.86. The van der Waals surface area contributed by atoms with Crippen LogP contribution in [0.1, 0.15) is 31.0 Å². The van der Waals surface area contributed by atoms with E-state index in [0.29, 0.717) is 12.5 Å². The number of nitrogens with zero attached hydrogens (tertiary/aromatic N) is 1. The topological polar surface area (TPSA) is 22.1 Å². The highest BCUT2D eigenvalue weighted by Crippen LogP contribution is 2.12. The minimum absolute atomic E-state index is 0.482. The molecule has 0 amide bonds. The SMILES string of the molecule is C=COCCc1ccnc(C(C)C)c1. The molecule has 1 aromatic heterocycles. The van der Waals surface area contributed by atoms with Crippen molar-refractivity contribution < 1.29 is 4.74 Å². The van der Waals surface area contributed by atoms with Crippen molar-refractivity contribution in [2.45, 2.75) is 26.2 Å². The second kappa shape index (κ2) is 5.43. The Hall–Kier alpha value is -1.31. The maximum atomic E-state index is 5.08. The second-order valence-corrected chi connectivity index (χ2v) is 3.53. The largest absolute Gasteiger partial charge is 0.501 e. The number of ether oxygens (including phenoxy) is 1. The van der Waals surface area contributed by atoms with Crippen molar-refractivity contribution in [2.75, 3.05) is 6.61 Å². The molecule has 14 heavy (non-hydrogen) atoms. The first kappa shape index (κ1) is 10.8. The van der Waals surface area contributed by atoms with Crippen LogP contribution in [0.5, 0.6) is 0 Å². The monoisotopic (exact) mass is 191 g/mol. The minimum atomic E-state index is 0.482. The highest BCUT2D eigenvalue weighted by Gasteiger charge is 2.01. The average molecular weight is 191 g/mol. The lowest BCUT2D eigenvalue weighted by molar-refractivity contribution is 0.255. The molecule has 0 saturated heterocycles. The van der Waals surface area contributed by atoms with Crippen molar-refractivity contribution in [2.24, 2.45) is 0 Å². The molecule has 0 aromatic carbocycles. The van der Waals surface area contributed by atoms with E-state index in [1.807, 2.05) is 12.3 Å². The minimum Gasteiger partial charge on any atom is -0.501 e. The molecule has 76 valence electrons. The summed E-state index contributed by atoms with van der Waals surface area (Å²) in [4.78, 5) is 4.31. The Morgan fingerprint density at radius 1 is 1.57 bits per heavy atom. The van der Waals surface area contributed by atoms with Crippen molar-refractivity contribution >= 4 is 0 Å². The molecule has 0 bridgehead atoms. The molecule has 0 spiro atoms. The van der Waals surface area contributed by atoms with Crippen molar-refractivity contribution in [3.05, 3.63) is 42.4 Å². The van der Waals surface area contributed by atoms with Gasteiger partial charge in [0.1, 0.15) is 0 Å². The van der Waals surface area contributed by atoms with Crippen LogP contribution in [0.4, 0.5) is 0 Å². The summed E-state index contributed by atoms with van der Waals surface area (Å²) in [6.45, 7) is 8.48. The van der Waals surface area contributed by atoms with Crippen LogP contribution >= 0.6 is 0 Å². The lowest BCUT2D eigenvalue weighted by atomic mass is 10.1. The van der Waals surface area contributed by atoms with E-state index in [-0.39, 0.29) is 0 Å². The van der Waals surface area contributed by atoms with Gasteiger partial charge in [0.15, 0.2) is 0 Å². The molecule has 0 atom stereocenters. The maximum Gasteiger partial charge on any atom is 0.0913 e. The van der Waals surface area contributed by atoms with Crippen LogP contribution in [-0.4, -0.2) is 11.6 Å². The molecule has 0 aliphatic rings. The summed E-state index contributed by atoms with van der Waals surface area (Å²) in [5.74, 6) is 0.482. The molecule has 0 aliphatic heterocycles. The van der Waals surface area contributed by atoms with Gasteiger partial charge in [-0.3, -0.25) is 4.98 Å². The standard InChI is InChI=1S/C12H17NO/c1-4-14-8-6-11-5-7-13-12(9-11)10(2)3/h4-5,7,9-10H,1,6,8H2,2-3H3. The summed E-state index contributed by atoms with van der Waals surface area (Å²) in [7, 11) is 0. The normalized spacial score (nSPS) is 10.2. The quantitative estimate of drug-likeness (QED) is 0.527. The van der Waals surface area contributed by atoms with Gasteiger partial charge in [-0.05, 0) is 23.6 Å². The molecule has 0 radical (unpaired) electrons. The molecule has 0 N–H and O–H groups in total. The van der Waals surface area contributed by atoms with Crippen LogP contribution in [0.15, 0.2) is 31.2 Å². The molecule has 1 aromatic rings. The van der Waals surface area contributed by atoms with Gasteiger partial charge in [0.25, 0.3) is 0 Å². The first-order valence-corrected chi connectivity index (χ1v) is 4.91. The zero-order chi connectivity index (χ0) is 10.4. The Labute approximate surface area is 85.6 Å². The predicted octanol–water partition coefficient (Wildman–Crippen LogP) is 2.91. The fraction of sp³-hybridized carbons (Fsp3) is 0.417. The van der Waals surface area contributed by atoms with Gasteiger partial charge in [0.2, 0.25) is 0 Å². The number of aromatic nitrogens is 1. The molecule has 0 saturated carbocycles. The smallest absolute Gasteiger partial charge is 0.0913 e. The fourth-order valence-electron chi connectivity index (χ4n) is 1.23. The molecule has 1 heterocycles. The summed E-state index contributed by atoms with van der Waals surface area (Å²) in [6, 6.07) is 4.16. The molecule has 1 rings (SSSR count). The number of hydrogen-bond donors (Lipinski definition) is 0. The molecular weight excluding hydrogens is 174 g/mol. The van der Waals surface area contributed by atoms with Gasteiger partial charge in [0.05, 0.1) is 12.9 Å². The number of pyridine rings is 1. The van der Waals surface area contributed by atoms with Crippen LogP contribution < -0.4 is 0 Å². The van der Waals surface area contributed by atoms with Crippen molar-refractivity contribution in [1.29, 1.82) is 0 Å². The summed E-state index contributed by atoms with van der Waals surface area (Å²) in [6.07, 6.45) is 4.25. The van der Waals surface area contributed by atoms with E-state index in [9.17, 15) is 0 Å². The van der Waals surface area contributed by atoms with E-state index < -0.39 is 0 Å². The van der Waals surface area contributed by atoms with Gasteiger partial charge < -0.3 is 4.74 Å². The first-order valence-electron chi connectivity index (χ1n) is 4.91. The number of rotatable bonds is 5. The van der Waals surface area contributed by atoms with Crippen LogP contribution in [0.25, 0.3) is 0 Å². The predicted molar refractivity (Wildman–Crippen MR) is 58.2 cm³/mol. The molecule has 0 fully saturated rings. The Morgan fingerprint density at radius 3 is 3.00 bits per heavy atom. The van der Waals surface area contributed by atoms with Gasteiger partial charge in [-0.1, -0.05) is 20.4 Å². The lowest BCUT2D eigenvalue weighted by Crippen LogP contribution is -1.98. The van der Waals surface area contributed by atoms with E-state index in [1.54, 1.807) is 0 Å². The van der Waals surface area contributed by atoms with E-state index in [4.69, 9.17) is 4.74 Å². The third-order valence-electron chi connectivity index (χ3n) is 2.06. The highest BCUT2D eigenvalue weighted by atomic mass is 16.5. The van der Waals surface area contributed by atoms with Gasteiger partial charge in [-0.2, -0.15) is 0 Å². The Bertz CT molecular complexity index is 294. The van der Waals surface area contributed by atoms with Gasteiger partial charge in [-0.15, -0.1) is 0 Å². The van der Waals surface area contributed by atoms with Crippen LogP contribution in [0.3, 0.4) is 0 Å². The fourth-order valence-corrected chi connectivity index (χ4v) is 1.23. The first-order chi connectivity index (χ1) is 6.74. The number of hydrogen-bond acceptors (Lipinski definition) is 2. The zero-order valence-corrected chi connectivity index (χ0v) is 8.86. The summed E-state index contributed by atoms with van der Waals surface area (Å²) in [5, 5.41) is 0. The van der Waals surface area contributed by atoms with E-state index in [2.05, 4.69) is 31.5 Å². The highest BCUT2D eigenvalue weighted by molar-refractivity contribution is 5.18. The van der Waals surface area contributed by atoms with Crippen LogP contribution in [0.2, 0.25) is 0 Å².